The minimum Gasteiger partial charge on any atom is -0.463 e. The van der Waals surface area contributed by atoms with Crippen LogP contribution < -0.4 is 10.5 Å². The smallest absolute Gasteiger partial charge is 0.324 e. The van der Waals surface area contributed by atoms with Crippen LogP contribution >= 0.6 is 12.1 Å². The molecule has 0 aliphatic rings. The molecule has 0 saturated heterocycles. The second-order valence-electron chi connectivity index (χ2n) is 3.84. The largest absolute Gasteiger partial charge is 0.463 e. The van der Waals surface area contributed by atoms with E-state index in [0.717, 1.165) is 6.42 Å². The first-order chi connectivity index (χ1) is 7.52. The zero-order chi connectivity index (χ0) is 12.6. The third kappa shape index (κ3) is 6.32. The van der Waals surface area contributed by atoms with E-state index in [9.17, 15) is 4.79 Å². The molecule has 0 bridgehead atoms. The fourth-order valence-electron chi connectivity index (χ4n) is 1.04. The van der Waals surface area contributed by atoms with Gasteiger partial charge in [-0.25, -0.2) is 9.03 Å². The number of carbonyl (C=O) groups is 1. The van der Waals surface area contributed by atoms with Crippen molar-refractivity contribution >= 4 is 18.1 Å². The van der Waals surface area contributed by atoms with Crippen LogP contribution in [0.5, 0.6) is 0 Å². The maximum absolute atomic E-state index is 11.7. The molecule has 6 heteroatoms. The van der Waals surface area contributed by atoms with Crippen molar-refractivity contribution < 1.29 is 9.53 Å². The van der Waals surface area contributed by atoms with E-state index in [2.05, 4.69) is 11.6 Å². The van der Waals surface area contributed by atoms with Gasteiger partial charge in [-0.1, -0.05) is 20.3 Å². The van der Waals surface area contributed by atoms with E-state index in [0.29, 0.717) is 6.54 Å². The van der Waals surface area contributed by atoms with Crippen molar-refractivity contribution in [1.29, 1.82) is 0 Å². The number of rotatable bonds is 8. The number of carbonyl (C=O) groups excluding carboxylic acids is 1. The molecule has 2 atom stereocenters. The lowest BCUT2D eigenvalue weighted by Gasteiger charge is -2.23. The van der Waals surface area contributed by atoms with Crippen molar-refractivity contribution in [3.8, 4) is 0 Å². The number of hydrogen-bond donors (Lipinski definition) is 2. The van der Waals surface area contributed by atoms with Crippen LogP contribution in [0.3, 0.4) is 0 Å². The van der Waals surface area contributed by atoms with Crippen LogP contribution in [0.4, 0.5) is 0 Å². The van der Waals surface area contributed by atoms with Gasteiger partial charge in [-0.15, -0.1) is 0 Å². The third-order valence-electron chi connectivity index (χ3n) is 2.19. The lowest BCUT2D eigenvalue weighted by Crippen LogP contribution is -2.41. The highest BCUT2D eigenvalue weighted by Crippen LogP contribution is 2.13. The summed E-state index contributed by atoms with van der Waals surface area (Å²) in [6, 6.07) is -0.288. The van der Waals surface area contributed by atoms with Gasteiger partial charge in [0.15, 0.2) is 0 Å². The van der Waals surface area contributed by atoms with Gasteiger partial charge in [-0.3, -0.25) is 4.79 Å². The van der Waals surface area contributed by atoms with Gasteiger partial charge < -0.3 is 10.5 Å². The Kier molecular flexibility index (Phi) is 8.64. The molecule has 0 aromatic rings. The summed E-state index contributed by atoms with van der Waals surface area (Å²) in [5.74, 6) is 0.00637. The summed E-state index contributed by atoms with van der Waals surface area (Å²) in [4.78, 5) is 11.7. The zero-order valence-corrected chi connectivity index (χ0v) is 11.3. The lowest BCUT2D eigenvalue weighted by molar-refractivity contribution is -0.146. The predicted molar refractivity (Wildman–Crippen MR) is 67.7 cm³/mol. The van der Waals surface area contributed by atoms with Crippen LogP contribution in [0, 0.1) is 5.92 Å². The van der Waals surface area contributed by atoms with Gasteiger partial charge in [0, 0.05) is 18.7 Å². The Morgan fingerprint density at radius 1 is 1.56 bits per heavy atom. The van der Waals surface area contributed by atoms with E-state index >= 15 is 0 Å². The summed E-state index contributed by atoms with van der Waals surface area (Å²) in [5.41, 5.74) is 5.30. The highest BCUT2D eigenvalue weighted by molar-refractivity contribution is 7.95. The van der Waals surface area contributed by atoms with E-state index in [-0.39, 0.29) is 24.5 Å². The summed E-state index contributed by atoms with van der Waals surface area (Å²) in [7, 11) is 3.83. The van der Waals surface area contributed by atoms with E-state index in [4.69, 9.17) is 10.5 Å². The fraction of sp³-hybridized carbons (Fsp3) is 0.900. The van der Waals surface area contributed by atoms with Crippen LogP contribution in [0.15, 0.2) is 0 Å². The van der Waals surface area contributed by atoms with E-state index < -0.39 is 0 Å². The van der Waals surface area contributed by atoms with Gasteiger partial charge in [0.1, 0.15) is 12.6 Å². The molecule has 0 spiro atoms. The molecule has 5 nitrogen and oxygen atoms in total. The Morgan fingerprint density at radius 3 is 2.62 bits per heavy atom. The summed E-state index contributed by atoms with van der Waals surface area (Å²) in [6.45, 7) is 4.72. The lowest BCUT2D eigenvalue weighted by atomic mass is 10.0. The van der Waals surface area contributed by atoms with E-state index in [1.54, 1.807) is 0 Å². The standard InChI is InChI=1S/C10H23N3O2S/c1-5-8(2)9(12-16-13(3)4)10(14)15-7-6-11/h8-9,12H,5-7,11H2,1-4H3/t8-,9-/m0/s1. The number of hydrogen-bond acceptors (Lipinski definition) is 6. The molecule has 0 radical (unpaired) electrons. The van der Waals surface area contributed by atoms with Crippen LogP contribution in [-0.4, -0.2) is 43.6 Å². The van der Waals surface area contributed by atoms with E-state index in [1.807, 2.05) is 25.3 Å². The van der Waals surface area contributed by atoms with Crippen LogP contribution in [0.25, 0.3) is 0 Å². The maximum Gasteiger partial charge on any atom is 0.324 e. The van der Waals surface area contributed by atoms with Crippen molar-refractivity contribution in [2.75, 3.05) is 27.2 Å². The van der Waals surface area contributed by atoms with Crippen LogP contribution in [0.2, 0.25) is 0 Å². The van der Waals surface area contributed by atoms with Gasteiger partial charge in [0.05, 0.1) is 0 Å². The highest BCUT2D eigenvalue weighted by Gasteiger charge is 2.25. The molecule has 0 aliphatic carbocycles. The number of nitrogens with two attached hydrogens (primary N) is 1. The summed E-state index contributed by atoms with van der Waals surface area (Å²) in [6.07, 6.45) is 0.920. The van der Waals surface area contributed by atoms with Gasteiger partial charge >= 0.3 is 5.97 Å². The Labute approximate surface area is 102 Å². The summed E-state index contributed by atoms with van der Waals surface area (Å²) >= 11 is 1.40. The predicted octanol–water partition coefficient (Wildman–Crippen LogP) is 0.617. The van der Waals surface area contributed by atoms with Gasteiger partial charge in [0.2, 0.25) is 0 Å². The number of ether oxygens (including phenoxy) is 1. The van der Waals surface area contributed by atoms with Crippen molar-refractivity contribution in [3.05, 3.63) is 0 Å². The molecule has 96 valence electrons. The Morgan fingerprint density at radius 2 is 2.19 bits per heavy atom. The molecule has 0 aliphatic heterocycles. The second-order valence-corrected chi connectivity index (χ2v) is 4.99. The molecule has 0 aromatic heterocycles. The van der Waals surface area contributed by atoms with E-state index in [1.165, 1.54) is 12.1 Å². The average Bonchev–Trinajstić information content (AvgIpc) is 2.25. The monoisotopic (exact) mass is 249 g/mol. The normalized spacial score (nSPS) is 14.9. The van der Waals surface area contributed by atoms with Crippen LogP contribution in [0.1, 0.15) is 20.3 Å². The summed E-state index contributed by atoms with van der Waals surface area (Å²) in [5, 5.41) is 0. The average molecular weight is 249 g/mol. The van der Waals surface area contributed by atoms with Gasteiger partial charge in [-0.05, 0) is 20.0 Å². The van der Waals surface area contributed by atoms with Crippen molar-refractivity contribution in [2.45, 2.75) is 26.3 Å². The topological polar surface area (TPSA) is 67.6 Å². The number of esters is 1. The molecule has 16 heavy (non-hydrogen) atoms. The minimum atomic E-state index is -0.288. The quantitative estimate of drug-likeness (QED) is 0.485. The molecule has 0 unspecified atom stereocenters. The van der Waals surface area contributed by atoms with Crippen molar-refractivity contribution in [2.24, 2.45) is 11.7 Å². The Bertz CT molecular complexity index is 203. The summed E-state index contributed by atoms with van der Waals surface area (Å²) < 4.78 is 10.1. The first kappa shape index (κ1) is 15.7. The zero-order valence-electron chi connectivity index (χ0n) is 10.5. The molecule has 0 heterocycles. The van der Waals surface area contributed by atoms with Gasteiger partial charge in [-0.2, -0.15) is 0 Å². The second kappa shape index (κ2) is 8.81. The Balaban J connectivity index is 4.23. The highest BCUT2D eigenvalue weighted by atomic mass is 32.2. The third-order valence-corrected chi connectivity index (χ3v) is 2.92. The first-order valence-electron chi connectivity index (χ1n) is 5.49. The number of nitrogens with one attached hydrogen (secondary N) is 1. The molecule has 0 aromatic carbocycles. The van der Waals surface area contributed by atoms with Crippen molar-refractivity contribution in [1.82, 2.24) is 9.03 Å². The SMILES string of the molecule is CC[C@H](C)[C@H](NSN(C)C)C(=O)OCCN. The molecular formula is C10H23N3O2S. The minimum absolute atomic E-state index is 0.228. The molecule has 3 N–H and O–H groups in total. The first-order valence-corrected chi connectivity index (χ1v) is 6.26. The molecular weight excluding hydrogens is 226 g/mol. The fourth-order valence-corrected chi connectivity index (χ4v) is 1.70. The van der Waals surface area contributed by atoms with Crippen LogP contribution in [-0.2, 0) is 9.53 Å². The maximum atomic E-state index is 11.7. The molecule has 0 amide bonds. The molecule has 0 fully saturated rings. The molecule has 0 rings (SSSR count). The van der Waals surface area contributed by atoms with Gasteiger partial charge in [0.25, 0.3) is 0 Å². The van der Waals surface area contributed by atoms with Crippen molar-refractivity contribution in [3.63, 3.8) is 0 Å². The molecule has 0 saturated carbocycles. The Hall–Kier alpha value is -0.300. The number of nitrogens with zero attached hydrogens (tertiary/aromatic N) is 1.